The molecule has 6 nitrogen and oxygen atoms in total. The minimum atomic E-state index is -0.851. The van der Waals surface area contributed by atoms with Gasteiger partial charge in [-0.25, -0.2) is 4.39 Å². The molecule has 2 heterocycles. The van der Waals surface area contributed by atoms with E-state index < -0.39 is 17.8 Å². The lowest BCUT2D eigenvalue weighted by Crippen LogP contribution is -2.40. The SMILES string of the molecule is O=C(NCC(O)CN1CCCC1=O)c1ccc(F)c2cccnc12. The van der Waals surface area contributed by atoms with Gasteiger partial charge in [-0.15, -0.1) is 0 Å². The van der Waals surface area contributed by atoms with Gasteiger partial charge < -0.3 is 15.3 Å². The summed E-state index contributed by atoms with van der Waals surface area (Å²) >= 11 is 0. The second-order valence-corrected chi connectivity index (χ2v) is 5.80. The van der Waals surface area contributed by atoms with E-state index in [0.29, 0.717) is 13.0 Å². The van der Waals surface area contributed by atoms with E-state index in [1.54, 1.807) is 17.0 Å². The number of nitrogens with one attached hydrogen (secondary N) is 1. The molecule has 2 amide bonds. The molecule has 0 bridgehead atoms. The van der Waals surface area contributed by atoms with Gasteiger partial charge in [0.15, 0.2) is 0 Å². The van der Waals surface area contributed by atoms with E-state index >= 15 is 0 Å². The molecule has 24 heavy (non-hydrogen) atoms. The van der Waals surface area contributed by atoms with Crippen molar-refractivity contribution in [2.24, 2.45) is 0 Å². The van der Waals surface area contributed by atoms with Crippen LogP contribution in [0, 0.1) is 5.82 Å². The second-order valence-electron chi connectivity index (χ2n) is 5.80. The van der Waals surface area contributed by atoms with Crippen LogP contribution in [0.5, 0.6) is 0 Å². The summed E-state index contributed by atoms with van der Waals surface area (Å²) in [5, 5.41) is 12.9. The number of halogens is 1. The molecule has 126 valence electrons. The van der Waals surface area contributed by atoms with Crippen LogP contribution in [-0.2, 0) is 4.79 Å². The highest BCUT2D eigenvalue weighted by molar-refractivity contribution is 6.05. The van der Waals surface area contributed by atoms with Crippen molar-refractivity contribution in [1.29, 1.82) is 0 Å². The highest BCUT2D eigenvalue weighted by Gasteiger charge is 2.23. The van der Waals surface area contributed by atoms with E-state index in [2.05, 4.69) is 10.3 Å². The molecule has 0 spiro atoms. The number of fused-ring (bicyclic) bond motifs is 1. The van der Waals surface area contributed by atoms with Crippen molar-refractivity contribution in [3.05, 3.63) is 41.8 Å². The second kappa shape index (κ2) is 6.92. The molecule has 3 rings (SSSR count). The van der Waals surface area contributed by atoms with Crippen LogP contribution in [-0.4, -0.2) is 52.5 Å². The first-order chi connectivity index (χ1) is 11.6. The summed E-state index contributed by atoms with van der Waals surface area (Å²) in [4.78, 5) is 29.5. The molecule has 1 aliphatic heterocycles. The highest BCUT2D eigenvalue weighted by Crippen LogP contribution is 2.19. The van der Waals surface area contributed by atoms with Crippen molar-refractivity contribution >= 4 is 22.7 Å². The first-order valence-corrected chi connectivity index (χ1v) is 7.83. The van der Waals surface area contributed by atoms with Crippen molar-refractivity contribution in [2.45, 2.75) is 18.9 Å². The molecule has 1 unspecified atom stereocenters. The molecular weight excluding hydrogens is 313 g/mol. The lowest BCUT2D eigenvalue weighted by molar-refractivity contribution is -0.128. The molecule has 0 saturated carbocycles. The fourth-order valence-electron chi connectivity index (χ4n) is 2.84. The van der Waals surface area contributed by atoms with Crippen LogP contribution >= 0.6 is 0 Å². The zero-order valence-electron chi connectivity index (χ0n) is 13.0. The standard InChI is InChI=1S/C17H18FN3O3/c18-14-6-5-13(16-12(14)3-1-7-19-16)17(24)20-9-11(22)10-21-8-2-4-15(21)23/h1,3,5-7,11,22H,2,4,8-10H2,(H,20,24). The van der Waals surface area contributed by atoms with Crippen molar-refractivity contribution in [2.75, 3.05) is 19.6 Å². The zero-order valence-corrected chi connectivity index (χ0v) is 13.0. The fraction of sp³-hybridized carbons (Fsp3) is 0.353. The van der Waals surface area contributed by atoms with Crippen molar-refractivity contribution in [3.8, 4) is 0 Å². The molecule has 7 heteroatoms. The van der Waals surface area contributed by atoms with Crippen LogP contribution in [0.15, 0.2) is 30.5 Å². The molecule has 2 N–H and O–H groups in total. The number of pyridine rings is 1. The molecule has 1 atom stereocenters. The molecule has 1 aromatic carbocycles. The summed E-state index contributed by atoms with van der Waals surface area (Å²) in [6.45, 7) is 0.839. The normalized spacial score (nSPS) is 15.8. The van der Waals surface area contributed by atoms with Gasteiger partial charge in [0.2, 0.25) is 5.91 Å². The van der Waals surface area contributed by atoms with Crippen LogP contribution in [0.3, 0.4) is 0 Å². The van der Waals surface area contributed by atoms with Crippen molar-refractivity contribution in [1.82, 2.24) is 15.2 Å². The molecule has 1 fully saturated rings. The van der Waals surface area contributed by atoms with E-state index in [4.69, 9.17) is 0 Å². The lowest BCUT2D eigenvalue weighted by Gasteiger charge is -2.20. The van der Waals surface area contributed by atoms with Crippen LogP contribution in [0.1, 0.15) is 23.2 Å². The van der Waals surface area contributed by atoms with Crippen LogP contribution in [0.2, 0.25) is 0 Å². The molecule has 2 aromatic rings. The fourth-order valence-corrected chi connectivity index (χ4v) is 2.84. The van der Waals surface area contributed by atoms with E-state index in [0.717, 1.165) is 6.42 Å². The number of amides is 2. The third-order valence-electron chi connectivity index (χ3n) is 4.06. The molecule has 1 saturated heterocycles. The first-order valence-electron chi connectivity index (χ1n) is 7.83. The predicted molar refractivity (Wildman–Crippen MR) is 85.9 cm³/mol. The van der Waals surface area contributed by atoms with Crippen LogP contribution < -0.4 is 5.32 Å². The molecular formula is C17H18FN3O3. The number of rotatable bonds is 5. The Morgan fingerprint density at radius 3 is 3.00 bits per heavy atom. The first kappa shape index (κ1) is 16.3. The summed E-state index contributed by atoms with van der Waals surface area (Å²) in [7, 11) is 0. The van der Waals surface area contributed by atoms with Gasteiger partial charge in [-0.1, -0.05) is 0 Å². The average molecular weight is 331 g/mol. The summed E-state index contributed by atoms with van der Waals surface area (Å²) in [5.41, 5.74) is 0.524. The van der Waals surface area contributed by atoms with E-state index in [9.17, 15) is 19.1 Å². The Bertz CT molecular complexity index is 781. The number of benzene rings is 1. The van der Waals surface area contributed by atoms with Gasteiger partial charge in [0.05, 0.1) is 17.2 Å². The number of aromatic nitrogens is 1. The number of likely N-dealkylation sites (tertiary alicyclic amines) is 1. The molecule has 1 aliphatic rings. The maximum absolute atomic E-state index is 13.8. The maximum Gasteiger partial charge on any atom is 0.253 e. The smallest absolute Gasteiger partial charge is 0.253 e. The summed E-state index contributed by atoms with van der Waals surface area (Å²) in [6, 6.07) is 5.75. The van der Waals surface area contributed by atoms with Crippen molar-refractivity contribution < 1.29 is 19.1 Å². The number of nitrogens with zero attached hydrogens (tertiary/aromatic N) is 2. The topological polar surface area (TPSA) is 82.5 Å². The van der Waals surface area contributed by atoms with E-state index in [1.165, 1.54) is 18.3 Å². The average Bonchev–Trinajstić information content (AvgIpc) is 2.98. The number of β-amino-alcohol motifs (C(OH)–C–C–N with tert-alkyl or cyclic N) is 1. The minimum absolute atomic E-state index is 0.00825. The Morgan fingerprint density at radius 1 is 1.42 bits per heavy atom. The van der Waals surface area contributed by atoms with Gasteiger partial charge in [-0.2, -0.15) is 0 Å². The van der Waals surface area contributed by atoms with Gasteiger partial charge >= 0.3 is 0 Å². The monoisotopic (exact) mass is 331 g/mol. The van der Waals surface area contributed by atoms with Gasteiger partial charge in [0.1, 0.15) is 5.82 Å². The Balaban J connectivity index is 1.65. The lowest BCUT2D eigenvalue weighted by atomic mass is 10.1. The quantitative estimate of drug-likeness (QED) is 0.859. The predicted octanol–water partition coefficient (Wildman–Crippen LogP) is 1.09. The highest BCUT2D eigenvalue weighted by atomic mass is 19.1. The Hall–Kier alpha value is -2.54. The third-order valence-corrected chi connectivity index (χ3v) is 4.06. The number of hydrogen-bond donors (Lipinski definition) is 2. The van der Waals surface area contributed by atoms with Gasteiger partial charge in [-0.3, -0.25) is 14.6 Å². The Kier molecular flexibility index (Phi) is 4.71. The van der Waals surface area contributed by atoms with Gasteiger partial charge in [0.25, 0.3) is 5.91 Å². The van der Waals surface area contributed by atoms with Crippen LogP contribution in [0.25, 0.3) is 10.9 Å². The maximum atomic E-state index is 13.8. The summed E-state index contributed by atoms with van der Waals surface area (Å²) in [6.07, 6.45) is 1.94. The largest absolute Gasteiger partial charge is 0.389 e. The number of hydrogen-bond acceptors (Lipinski definition) is 4. The van der Waals surface area contributed by atoms with E-state index in [1.807, 2.05) is 0 Å². The molecule has 0 radical (unpaired) electrons. The molecule has 0 aliphatic carbocycles. The van der Waals surface area contributed by atoms with Gasteiger partial charge in [-0.05, 0) is 30.7 Å². The Morgan fingerprint density at radius 2 is 2.25 bits per heavy atom. The number of aliphatic hydroxyl groups excluding tert-OH is 1. The number of carbonyl (C=O) groups excluding carboxylic acids is 2. The van der Waals surface area contributed by atoms with E-state index in [-0.39, 0.29) is 35.5 Å². The summed E-state index contributed by atoms with van der Waals surface area (Å²) in [5.74, 6) is -0.859. The Labute approximate surface area is 138 Å². The third kappa shape index (κ3) is 3.35. The minimum Gasteiger partial charge on any atom is -0.389 e. The number of aliphatic hydroxyl groups is 1. The zero-order chi connectivity index (χ0) is 17.1. The van der Waals surface area contributed by atoms with Crippen molar-refractivity contribution in [3.63, 3.8) is 0 Å². The summed E-state index contributed by atoms with van der Waals surface area (Å²) < 4.78 is 13.8. The van der Waals surface area contributed by atoms with Crippen LogP contribution in [0.4, 0.5) is 4.39 Å². The number of carbonyl (C=O) groups is 2. The molecule has 1 aromatic heterocycles. The van der Waals surface area contributed by atoms with Gasteiger partial charge in [0, 0.05) is 37.6 Å².